The molecular weight excluding hydrogens is 750 g/mol. The summed E-state index contributed by atoms with van der Waals surface area (Å²) in [6.45, 7) is 23.3. The van der Waals surface area contributed by atoms with Crippen LogP contribution in [0.5, 0.6) is 23.0 Å². The van der Waals surface area contributed by atoms with E-state index in [1.807, 2.05) is 95.2 Å². The molecule has 18 heteroatoms. The predicted octanol–water partition coefficient (Wildman–Crippen LogP) is 7.06. The van der Waals surface area contributed by atoms with Gasteiger partial charge in [0.1, 0.15) is 0 Å². The molecule has 7 aliphatic heterocycles. The molecule has 16 nitrogen and oxygen atoms in total. The van der Waals surface area contributed by atoms with Crippen molar-refractivity contribution in [3.8, 4) is 23.0 Å². The Hall–Kier alpha value is -3.78. The van der Waals surface area contributed by atoms with Crippen LogP contribution >= 0.6 is 14.6 Å². The van der Waals surface area contributed by atoms with Crippen molar-refractivity contribution >= 4 is 38.5 Å². The Labute approximate surface area is 310 Å². The third-order valence-corrected chi connectivity index (χ3v) is 17.6. The molecule has 0 radical (unpaired) electrons. The Bertz CT molecular complexity index is 2030. The number of fused-ring (bicyclic) bond motifs is 8. The monoisotopic (exact) mass is 794 g/mol. The molecule has 5 saturated heterocycles. The number of hydrogen-bond donors (Lipinski definition) is 0. The Morgan fingerprint density at radius 3 is 0.907 bits per heavy atom. The van der Waals surface area contributed by atoms with Crippen molar-refractivity contribution in [3.63, 3.8) is 0 Å². The van der Waals surface area contributed by atoms with E-state index >= 15 is 0 Å². The average Bonchev–Trinajstić information content (AvgIpc) is 3.74. The van der Waals surface area contributed by atoms with E-state index in [1.165, 1.54) is 0 Å². The molecule has 0 saturated carbocycles. The standard InChI is InChI=1S/C36H44O16P2/c1-33(2,3)17-13-19(35(7,8)9)23-21(15-17)41-53(43-23)45-25(29(37)49-53)27-31(39)51-54(47-27,48-28(32(40)52-54)26(46-53)30(38)50-53)42-22-16-18(34(4,5)6)14-20(24(22)44-54)36(10,11)12/h13-16,25-28H,1-12H3/q-2. The molecule has 7 heterocycles. The quantitative estimate of drug-likeness (QED) is 0.247. The van der Waals surface area contributed by atoms with Gasteiger partial charge in [-0.1, -0.05) is 0 Å². The van der Waals surface area contributed by atoms with Crippen LogP contribution in [0.15, 0.2) is 24.3 Å². The van der Waals surface area contributed by atoms with Crippen LogP contribution in [0.25, 0.3) is 0 Å². The predicted molar refractivity (Wildman–Crippen MR) is 188 cm³/mol. The van der Waals surface area contributed by atoms with Crippen molar-refractivity contribution in [1.82, 2.24) is 0 Å². The first-order valence-corrected chi connectivity index (χ1v) is 22.1. The van der Waals surface area contributed by atoms with Crippen LogP contribution < -0.4 is 18.1 Å². The van der Waals surface area contributed by atoms with Crippen molar-refractivity contribution in [2.45, 2.75) is 129 Å². The number of carbonyl (C=O) groups excluding carboxylic acids is 4. The van der Waals surface area contributed by atoms with Crippen molar-refractivity contribution in [2.75, 3.05) is 0 Å². The number of carbonyl (C=O) groups is 4. The van der Waals surface area contributed by atoms with Gasteiger partial charge in [-0.15, -0.1) is 0 Å². The third kappa shape index (κ3) is 4.19. The van der Waals surface area contributed by atoms with Gasteiger partial charge in [-0.25, -0.2) is 0 Å². The van der Waals surface area contributed by atoms with Crippen LogP contribution in [0.4, 0.5) is 0 Å². The van der Waals surface area contributed by atoms with Gasteiger partial charge in [0.2, 0.25) is 0 Å². The molecule has 0 aliphatic carbocycles. The Morgan fingerprint density at radius 2 is 0.667 bits per heavy atom. The molecule has 6 bridgehead atoms. The Balaban J connectivity index is 1.25. The van der Waals surface area contributed by atoms with Gasteiger partial charge in [-0.05, 0) is 0 Å². The molecule has 4 atom stereocenters. The number of benzene rings is 2. The Kier molecular flexibility index (Phi) is 5.83. The molecule has 5 fully saturated rings. The zero-order valence-electron chi connectivity index (χ0n) is 32.0. The van der Waals surface area contributed by atoms with Gasteiger partial charge in [0.25, 0.3) is 0 Å². The molecule has 2 aromatic carbocycles. The summed E-state index contributed by atoms with van der Waals surface area (Å²) >= 11 is 0. The van der Waals surface area contributed by atoms with E-state index in [9.17, 15) is 19.2 Å². The zero-order valence-corrected chi connectivity index (χ0v) is 33.8. The molecular formula is C36H44O16P2-2. The third-order valence-electron chi connectivity index (χ3n) is 10.5. The molecule has 2 spiro atoms. The minimum atomic E-state index is -7.16. The number of hydrogen-bond acceptors (Lipinski definition) is 16. The molecule has 0 N–H and O–H groups in total. The second kappa shape index (κ2) is 8.77. The van der Waals surface area contributed by atoms with E-state index in [2.05, 4.69) is 0 Å². The van der Waals surface area contributed by atoms with Crippen molar-refractivity contribution in [3.05, 3.63) is 46.5 Å². The van der Waals surface area contributed by atoms with E-state index in [0.29, 0.717) is 11.1 Å². The molecule has 0 aromatic heterocycles. The summed E-state index contributed by atoms with van der Waals surface area (Å²) in [4.78, 5) is 56.8. The van der Waals surface area contributed by atoms with Gasteiger partial charge in [0.15, 0.2) is 0 Å². The van der Waals surface area contributed by atoms with Crippen LogP contribution in [-0.2, 0) is 77.0 Å². The molecule has 0 amide bonds. The van der Waals surface area contributed by atoms with E-state index < -0.39 is 84.6 Å². The second-order valence-corrected chi connectivity index (χ2v) is 25.8. The minimum absolute atomic E-state index is 0.0178. The molecule has 4 unspecified atom stereocenters. The van der Waals surface area contributed by atoms with Crippen LogP contribution in [0, 0.1) is 0 Å². The van der Waals surface area contributed by atoms with Crippen LogP contribution in [0.1, 0.15) is 105 Å². The molecule has 7 aliphatic rings. The van der Waals surface area contributed by atoms with Gasteiger partial charge in [-0.3, -0.25) is 0 Å². The van der Waals surface area contributed by atoms with E-state index in [1.54, 1.807) is 12.1 Å². The van der Waals surface area contributed by atoms with Gasteiger partial charge in [-0.2, -0.15) is 0 Å². The van der Waals surface area contributed by atoms with Crippen molar-refractivity contribution < 1.29 is 73.5 Å². The maximum absolute atomic E-state index is 14.2. The summed E-state index contributed by atoms with van der Waals surface area (Å²) in [7, 11) is -14.3. The van der Waals surface area contributed by atoms with Crippen molar-refractivity contribution in [1.29, 1.82) is 0 Å². The van der Waals surface area contributed by atoms with Crippen LogP contribution in [-0.4, -0.2) is 48.3 Å². The fraction of sp³-hybridized carbons (Fsp3) is 0.556. The van der Waals surface area contributed by atoms with Crippen molar-refractivity contribution in [2.24, 2.45) is 0 Å². The van der Waals surface area contributed by atoms with Gasteiger partial charge in [0.05, 0.1) is 0 Å². The first-order valence-electron chi connectivity index (χ1n) is 17.7. The summed E-state index contributed by atoms with van der Waals surface area (Å²) in [5.41, 5.74) is 0.500. The van der Waals surface area contributed by atoms with Crippen LogP contribution in [0.3, 0.4) is 0 Å². The first-order chi connectivity index (χ1) is 24.4. The van der Waals surface area contributed by atoms with E-state index in [4.69, 9.17) is 54.3 Å². The second-order valence-electron chi connectivity index (χ2n) is 19.0. The summed E-state index contributed by atoms with van der Waals surface area (Å²) in [6, 6.07) is 7.00. The van der Waals surface area contributed by atoms with Crippen LogP contribution in [0.2, 0.25) is 0 Å². The van der Waals surface area contributed by atoms with Gasteiger partial charge in [0, 0.05) is 0 Å². The SMILES string of the molecule is CC(C)(C)c1cc2c(c(C(C)(C)C)c1)O[P-]134(OC(=O)C(O1)C1O[P-]56(OC1=O)(OC(=O)C(O5)C(O3)C(=O)O4)Oc1cc(C(C)(C)C)cc(C(C)(C)C)c1O6)O2. The summed E-state index contributed by atoms with van der Waals surface area (Å²) < 4.78 is 74.5. The fourth-order valence-corrected chi connectivity index (χ4v) is 15.6. The van der Waals surface area contributed by atoms with Gasteiger partial charge >= 0.3 is 311 Å². The van der Waals surface area contributed by atoms with E-state index in [-0.39, 0.29) is 23.0 Å². The average molecular weight is 795 g/mol. The van der Waals surface area contributed by atoms with E-state index in [0.717, 1.165) is 11.1 Å². The molecule has 296 valence electrons. The molecule has 54 heavy (non-hydrogen) atoms. The maximum atomic E-state index is 14.2. The van der Waals surface area contributed by atoms with Gasteiger partial charge < -0.3 is 0 Å². The molecule has 2 aromatic rings. The first kappa shape index (κ1) is 35.9. The topological polar surface area (TPSA) is 179 Å². The summed E-state index contributed by atoms with van der Waals surface area (Å²) in [5.74, 6) is -5.56. The zero-order chi connectivity index (χ0) is 39.4. The molecule has 9 rings (SSSR count). The normalized spacial score (nSPS) is 33.1. The fourth-order valence-electron chi connectivity index (χ4n) is 7.66. The summed E-state index contributed by atoms with van der Waals surface area (Å²) in [5, 5.41) is 0. The number of rotatable bonds is 0. The summed E-state index contributed by atoms with van der Waals surface area (Å²) in [6.07, 6.45) is -8.80. The Morgan fingerprint density at radius 1 is 0.389 bits per heavy atom.